The van der Waals surface area contributed by atoms with Crippen LogP contribution in [0.3, 0.4) is 0 Å². The van der Waals surface area contributed by atoms with Gasteiger partial charge in [-0.05, 0) is 32.9 Å². The van der Waals surface area contributed by atoms with Gasteiger partial charge in [0.15, 0.2) is 11.5 Å². The summed E-state index contributed by atoms with van der Waals surface area (Å²) in [5.41, 5.74) is 0.952. The van der Waals surface area contributed by atoms with Crippen LogP contribution in [-0.2, 0) is 0 Å². The highest BCUT2D eigenvalue weighted by atomic mass is 16.5. The molecular weight excluding hydrogens is 334 g/mol. The Labute approximate surface area is 151 Å². The number of hydrogen-bond acceptors (Lipinski definition) is 6. The van der Waals surface area contributed by atoms with Crippen molar-refractivity contribution in [2.45, 2.75) is 26.8 Å². The average molecular weight is 355 g/mol. The standard InChI is InChI=1S/C18H21N5O3/c1-11(23-13(3)20-12(2)21-23)10-19-18(24)15-9-17(26-22-15)14-7-5-6-8-16(14)25-4/h5-9,11H,10H2,1-4H3,(H,19,24)/t11-/m0/s1. The number of benzene rings is 1. The molecule has 3 rings (SSSR count). The summed E-state index contributed by atoms with van der Waals surface area (Å²) in [6.07, 6.45) is 0. The summed E-state index contributed by atoms with van der Waals surface area (Å²) in [7, 11) is 1.58. The second-order valence-electron chi connectivity index (χ2n) is 5.99. The van der Waals surface area contributed by atoms with Crippen LogP contribution < -0.4 is 10.1 Å². The quantitative estimate of drug-likeness (QED) is 0.730. The van der Waals surface area contributed by atoms with Crippen molar-refractivity contribution < 1.29 is 14.1 Å². The van der Waals surface area contributed by atoms with Gasteiger partial charge in [-0.2, -0.15) is 5.10 Å². The zero-order valence-electron chi connectivity index (χ0n) is 15.2. The molecule has 0 radical (unpaired) electrons. The number of nitrogens with one attached hydrogen (secondary N) is 1. The number of methoxy groups -OCH3 is 1. The molecule has 1 amide bonds. The Morgan fingerprint density at radius 1 is 1.35 bits per heavy atom. The van der Waals surface area contributed by atoms with E-state index in [1.807, 2.05) is 45.0 Å². The van der Waals surface area contributed by atoms with E-state index in [1.165, 1.54) is 0 Å². The molecule has 0 spiro atoms. The monoisotopic (exact) mass is 355 g/mol. The molecule has 26 heavy (non-hydrogen) atoms. The van der Waals surface area contributed by atoms with Crippen LogP contribution in [0.1, 0.15) is 35.1 Å². The van der Waals surface area contributed by atoms with Gasteiger partial charge in [-0.1, -0.05) is 17.3 Å². The van der Waals surface area contributed by atoms with E-state index in [-0.39, 0.29) is 17.6 Å². The number of carbonyl (C=O) groups is 1. The SMILES string of the molecule is COc1ccccc1-c1cc(C(=O)NC[C@H](C)n2nc(C)nc2C)no1. The highest BCUT2D eigenvalue weighted by Crippen LogP contribution is 2.29. The molecule has 0 aliphatic rings. The first-order valence-corrected chi connectivity index (χ1v) is 8.27. The lowest BCUT2D eigenvalue weighted by Gasteiger charge is -2.13. The summed E-state index contributed by atoms with van der Waals surface area (Å²) in [5.74, 6) is 2.34. The molecule has 0 unspecified atom stereocenters. The summed E-state index contributed by atoms with van der Waals surface area (Å²) in [4.78, 5) is 16.6. The molecule has 1 N–H and O–H groups in total. The Balaban J connectivity index is 1.68. The van der Waals surface area contributed by atoms with E-state index in [0.717, 1.165) is 11.4 Å². The molecule has 1 aromatic carbocycles. The second kappa shape index (κ2) is 7.38. The third-order valence-corrected chi connectivity index (χ3v) is 4.00. The van der Waals surface area contributed by atoms with Crippen LogP contribution >= 0.6 is 0 Å². The number of aryl methyl sites for hydroxylation is 2. The van der Waals surface area contributed by atoms with Crippen molar-refractivity contribution in [3.63, 3.8) is 0 Å². The van der Waals surface area contributed by atoms with E-state index in [2.05, 4.69) is 20.6 Å². The van der Waals surface area contributed by atoms with Crippen molar-refractivity contribution >= 4 is 5.91 Å². The van der Waals surface area contributed by atoms with Crippen molar-refractivity contribution in [3.8, 4) is 17.1 Å². The minimum Gasteiger partial charge on any atom is -0.496 e. The molecule has 0 aliphatic carbocycles. The van der Waals surface area contributed by atoms with Crippen molar-refractivity contribution in [1.82, 2.24) is 25.2 Å². The van der Waals surface area contributed by atoms with Crippen LogP contribution in [0.2, 0.25) is 0 Å². The predicted molar refractivity (Wildman–Crippen MR) is 95.0 cm³/mol. The van der Waals surface area contributed by atoms with Gasteiger partial charge in [-0.15, -0.1) is 0 Å². The third-order valence-electron chi connectivity index (χ3n) is 4.00. The van der Waals surface area contributed by atoms with Crippen molar-refractivity contribution in [2.24, 2.45) is 0 Å². The van der Waals surface area contributed by atoms with Crippen LogP contribution in [0.25, 0.3) is 11.3 Å². The Morgan fingerprint density at radius 2 is 2.12 bits per heavy atom. The van der Waals surface area contributed by atoms with E-state index >= 15 is 0 Å². The summed E-state index contributed by atoms with van der Waals surface area (Å²) in [6, 6.07) is 8.97. The zero-order valence-corrected chi connectivity index (χ0v) is 15.2. The fourth-order valence-electron chi connectivity index (χ4n) is 2.73. The van der Waals surface area contributed by atoms with Gasteiger partial charge in [-0.3, -0.25) is 4.79 Å². The molecule has 0 saturated carbocycles. The van der Waals surface area contributed by atoms with Crippen molar-refractivity contribution in [3.05, 3.63) is 47.7 Å². The third kappa shape index (κ3) is 3.58. The highest BCUT2D eigenvalue weighted by molar-refractivity contribution is 5.93. The number of amides is 1. The van der Waals surface area contributed by atoms with Crippen LogP contribution in [0.5, 0.6) is 5.75 Å². The summed E-state index contributed by atoms with van der Waals surface area (Å²) < 4.78 is 12.4. The zero-order chi connectivity index (χ0) is 18.7. The van der Waals surface area contributed by atoms with Gasteiger partial charge in [-0.25, -0.2) is 9.67 Å². The van der Waals surface area contributed by atoms with E-state index in [4.69, 9.17) is 9.26 Å². The van der Waals surface area contributed by atoms with Gasteiger partial charge < -0.3 is 14.6 Å². The van der Waals surface area contributed by atoms with Gasteiger partial charge in [0.1, 0.15) is 17.4 Å². The molecule has 0 bridgehead atoms. The lowest BCUT2D eigenvalue weighted by Crippen LogP contribution is -2.30. The molecule has 8 heteroatoms. The van der Waals surface area contributed by atoms with E-state index < -0.39 is 0 Å². The Morgan fingerprint density at radius 3 is 2.81 bits per heavy atom. The number of carbonyl (C=O) groups excluding carboxylic acids is 1. The van der Waals surface area contributed by atoms with Crippen LogP contribution in [0.15, 0.2) is 34.9 Å². The van der Waals surface area contributed by atoms with Gasteiger partial charge in [0, 0.05) is 12.6 Å². The van der Waals surface area contributed by atoms with E-state index in [0.29, 0.717) is 23.9 Å². The lowest BCUT2D eigenvalue weighted by atomic mass is 10.1. The lowest BCUT2D eigenvalue weighted by molar-refractivity contribution is 0.0938. The molecule has 2 aromatic heterocycles. The fraction of sp³-hybridized carbons (Fsp3) is 0.333. The number of nitrogens with zero attached hydrogens (tertiary/aromatic N) is 4. The minimum atomic E-state index is -0.309. The minimum absolute atomic E-state index is 0.0271. The summed E-state index contributed by atoms with van der Waals surface area (Å²) in [5, 5.41) is 11.0. The maximum atomic E-state index is 12.4. The smallest absolute Gasteiger partial charge is 0.273 e. The van der Waals surface area contributed by atoms with Crippen LogP contribution in [0.4, 0.5) is 0 Å². The summed E-state index contributed by atoms with van der Waals surface area (Å²) in [6.45, 7) is 6.09. The molecule has 0 aliphatic heterocycles. The predicted octanol–water partition coefficient (Wildman–Crippen LogP) is 2.55. The number of ether oxygens (including phenoxy) is 1. The van der Waals surface area contributed by atoms with Gasteiger partial charge in [0.25, 0.3) is 5.91 Å². The number of para-hydroxylation sites is 1. The number of aromatic nitrogens is 4. The van der Waals surface area contributed by atoms with Gasteiger partial charge in [0.2, 0.25) is 0 Å². The van der Waals surface area contributed by atoms with Crippen molar-refractivity contribution in [1.29, 1.82) is 0 Å². The second-order valence-corrected chi connectivity index (χ2v) is 5.99. The Hall–Kier alpha value is -3.16. The number of hydrogen-bond donors (Lipinski definition) is 1. The maximum absolute atomic E-state index is 12.4. The number of rotatable bonds is 6. The Bertz CT molecular complexity index is 915. The van der Waals surface area contributed by atoms with Gasteiger partial charge in [0.05, 0.1) is 18.7 Å². The molecule has 8 nitrogen and oxygen atoms in total. The summed E-state index contributed by atoms with van der Waals surface area (Å²) >= 11 is 0. The molecule has 0 saturated heterocycles. The van der Waals surface area contributed by atoms with Crippen LogP contribution in [0, 0.1) is 13.8 Å². The normalized spacial score (nSPS) is 12.0. The van der Waals surface area contributed by atoms with E-state index in [9.17, 15) is 4.79 Å². The van der Waals surface area contributed by atoms with Crippen molar-refractivity contribution in [2.75, 3.05) is 13.7 Å². The topological polar surface area (TPSA) is 95.1 Å². The maximum Gasteiger partial charge on any atom is 0.273 e. The first-order chi connectivity index (χ1) is 12.5. The average Bonchev–Trinajstić information content (AvgIpc) is 3.26. The molecule has 2 heterocycles. The molecular formula is C18H21N5O3. The molecule has 0 fully saturated rings. The van der Waals surface area contributed by atoms with Gasteiger partial charge >= 0.3 is 0 Å². The molecule has 3 aromatic rings. The first-order valence-electron chi connectivity index (χ1n) is 8.27. The largest absolute Gasteiger partial charge is 0.496 e. The highest BCUT2D eigenvalue weighted by Gasteiger charge is 2.17. The Kier molecular flexibility index (Phi) is 5.01. The molecule has 136 valence electrons. The van der Waals surface area contributed by atoms with E-state index in [1.54, 1.807) is 17.9 Å². The molecule has 1 atom stereocenters. The first kappa shape index (κ1) is 17.7. The van der Waals surface area contributed by atoms with Crippen LogP contribution in [-0.4, -0.2) is 39.5 Å². The fourth-order valence-corrected chi connectivity index (χ4v) is 2.73.